The van der Waals surface area contributed by atoms with Gasteiger partial charge in [-0.05, 0) is 96.3 Å². The predicted molar refractivity (Wildman–Crippen MR) is 290 cm³/mol. The number of aliphatic hydroxyl groups excluding tert-OH is 8. The summed E-state index contributed by atoms with van der Waals surface area (Å²) >= 11 is 0. The number of amides is 1. The molecule has 73 heavy (non-hydrogen) atoms. The number of allylic oxidation sites excluding steroid dienone is 21. The molecule has 0 aliphatic carbocycles. The molecule has 2 heterocycles. The number of carbonyl (C=O) groups is 1. The molecule has 0 spiro atoms. The Morgan fingerprint density at radius 3 is 1.42 bits per heavy atom. The first-order chi connectivity index (χ1) is 35.6. The highest BCUT2D eigenvalue weighted by Gasteiger charge is 2.51. The van der Waals surface area contributed by atoms with Crippen LogP contribution in [0.3, 0.4) is 0 Å². The van der Waals surface area contributed by atoms with Crippen LogP contribution in [0.1, 0.15) is 136 Å². The van der Waals surface area contributed by atoms with Gasteiger partial charge in [-0.15, -0.1) is 0 Å². The molecule has 2 aliphatic rings. The largest absolute Gasteiger partial charge is 0.394 e. The number of hydrogen-bond donors (Lipinski definition) is 9. The van der Waals surface area contributed by atoms with E-state index in [1.807, 2.05) is 6.08 Å². The van der Waals surface area contributed by atoms with Crippen LogP contribution in [0.15, 0.2) is 134 Å². The Balaban J connectivity index is 1.68. The summed E-state index contributed by atoms with van der Waals surface area (Å²) in [5, 5.41) is 86.3. The lowest BCUT2D eigenvalue weighted by atomic mass is 9.97. The molecule has 2 saturated heterocycles. The molecule has 412 valence electrons. The Hall–Kier alpha value is -3.87. The van der Waals surface area contributed by atoms with Crippen LogP contribution >= 0.6 is 0 Å². The minimum atomic E-state index is -1.80. The van der Waals surface area contributed by atoms with Gasteiger partial charge in [0.2, 0.25) is 5.91 Å². The minimum absolute atomic E-state index is 0.215. The van der Waals surface area contributed by atoms with E-state index in [2.05, 4.69) is 141 Å². The maximum absolute atomic E-state index is 13.1. The average Bonchev–Trinajstić information content (AvgIpc) is 3.39. The summed E-state index contributed by atoms with van der Waals surface area (Å²) in [5.74, 6) is -0.296. The second-order valence-corrected chi connectivity index (χ2v) is 18.3. The molecule has 0 bridgehead atoms. The highest BCUT2D eigenvalue weighted by Crippen LogP contribution is 2.30. The van der Waals surface area contributed by atoms with Crippen molar-refractivity contribution in [2.24, 2.45) is 0 Å². The number of aliphatic hydroxyl groups is 8. The molecule has 12 atom stereocenters. The van der Waals surface area contributed by atoms with Crippen molar-refractivity contribution in [2.75, 3.05) is 19.8 Å². The molecule has 2 aliphatic heterocycles. The Morgan fingerprint density at radius 1 is 0.507 bits per heavy atom. The molecule has 14 nitrogen and oxygen atoms in total. The van der Waals surface area contributed by atoms with E-state index < -0.39 is 86.8 Å². The minimum Gasteiger partial charge on any atom is -0.394 e. The predicted octanol–water partition coefficient (Wildman–Crippen LogP) is 8.04. The molecular weight excluding hydrogens is 931 g/mol. The quantitative estimate of drug-likeness (QED) is 0.0210. The number of unbranched alkanes of at least 4 members (excludes halogenated alkanes) is 6. The van der Waals surface area contributed by atoms with Gasteiger partial charge < -0.3 is 65.1 Å². The fourth-order valence-electron chi connectivity index (χ4n) is 7.73. The zero-order valence-corrected chi connectivity index (χ0v) is 43.8. The summed E-state index contributed by atoms with van der Waals surface area (Å²) in [6.07, 6.45) is 47.0. The molecule has 14 heteroatoms. The third-order valence-electron chi connectivity index (χ3n) is 12.1. The third-order valence-corrected chi connectivity index (χ3v) is 12.1. The Bertz CT molecular complexity index is 1730. The fourth-order valence-corrected chi connectivity index (χ4v) is 7.73. The van der Waals surface area contributed by atoms with Gasteiger partial charge >= 0.3 is 0 Å². The Labute approximate surface area is 437 Å². The van der Waals surface area contributed by atoms with Crippen molar-refractivity contribution in [2.45, 2.75) is 209 Å². The van der Waals surface area contributed by atoms with E-state index in [1.54, 1.807) is 6.08 Å². The van der Waals surface area contributed by atoms with Crippen molar-refractivity contribution in [3.8, 4) is 0 Å². The van der Waals surface area contributed by atoms with Gasteiger partial charge in [-0.3, -0.25) is 4.79 Å². The summed E-state index contributed by atoms with van der Waals surface area (Å²) in [6.45, 7) is 2.51. The van der Waals surface area contributed by atoms with E-state index in [1.165, 1.54) is 0 Å². The van der Waals surface area contributed by atoms with Crippen LogP contribution in [0.2, 0.25) is 0 Å². The van der Waals surface area contributed by atoms with Crippen molar-refractivity contribution < 1.29 is 64.6 Å². The molecule has 2 fully saturated rings. The Morgan fingerprint density at radius 2 is 0.945 bits per heavy atom. The van der Waals surface area contributed by atoms with E-state index in [0.29, 0.717) is 6.42 Å². The van der Waals surface area contributed by atoms with Crippen molar-refractivity contribution in [1.82, 2.24) is 5.32 Å². The van der Waals surface area contributed by atoms with Crippen LogP contribution in [-0.2, 0) is 23.7 Å². The molecule has 0 aromatic rings. The van der Waals surface area contributed by atoms with Gasteiger partial charge in [-0.1, -0.05) is 167 Å². The lowest BCUT2D eigenvalue weighted by Gasteiger charge is -2.46. The lowest BCUT2D eigenvalue weighted by Crippen LogP contribution is -2.65. The second kappa shape index (κ2) is 43.4. The van der Waals surface area contributed by atoms with Crippen molar-refractivity contribution in [3.63, 3.8) is 0 Å². The van der Waals surface area contributed by atoms with Gasteiger partial charge in [0.15, 0.2) is 12.6 Å². The molecule has 0 aromatic heterocycles. The first kappa shape index (κ1) is 65.2. The summed E-state index contributed by atoms with van der Waals surface area (Å²) in [5.41, 5.74) is 0. The van der Waals surface area contributed by atoms with E-state index in [4.69, 9.17) is 18.9 Å². The molecular formula is C59H93NO13. The summed E-state index contributed by atoms with van der Waals surface area (Å²) in [6, 6.07) is -0.944. The summed E-state index contributed by atoms with van der Waals surface area (Å²) in [4.78, 5) is 13.1. The average molecular weight is 1020 g/mol. The number of hydrogen-bond acceptors (Lipinski definition) is 13. The number of rotatable bonds is 39. The van der Waals surface area contributed by atoms with Gasteiger partial charge in [0.1, 0.15) is 48.8 Å². The Kier molecular flexibility index (Phi) is 38.8. The molecule has 2 rings (SSSR count). The zero-order valence-electron chi connectivity index (χ0n) is 43.8. The van der Waals surface area contributed by atoms with Crippen molar-refractivity contribution in [1.29, 1.82) is 0 Å². The molecule has 0 saturated carbocycles. The molecule has 1 amide bonds. The van der Waals surface area contributed by atoms with Crippen LogP contribution in [-0.4, -0.2) is 140 Å². The maximum Gasteiger partial charge on any atom is 0.220 e. The first-order valence-electron chi connectivity index (χ1n) is 26.9. The lowest BCUT2D eigenvalue weighted by molar-refractivity contribution is -0.359. The number of carbonyl (C=O) groups excluding carboxylic acids is 1. The normalized spacial score (nSPS) is 26.5. The summed E-state index contributed by atoms with van der Waals surface area (Å²) in [7, 11) is 0. The molecule has 9 N–H and O–H groups in total. The van der Waals surface area contributed by atoms with Crippen molar-refractivity contribution in [3.05, 3.63) is 134 Å². The van der Waals surface area contributed by atoms with E-state index in [-0.39, 0.29) is 18.9 Å². The number of nitrogens with one attached hydrogen (secondary N) is 1. The number of ether oxygens (including phenoxy) is 4. The fraction of sp³-hybridized carbons (Fsp3) is 0.610. The van der Waals surface area contributed by atoms with Crippen LogP contribution in [0.25, 0.3) is 0 Å². The van der Waals surface area contributed by atoms with E-state index in [9.17, 15) is 45.6 Å². The van der Waals surface area contributed by atoms with Gasteiger partial charge in [0, 0.05) is 6.42 Å². The van der Waals surface area contributed by atoms with Gasteiger partial charge in [-0.25, -0.2) is 0 Å². The van der Waals surface area contributed by atoms with Gasteiger partial charge in [0.05, 0.1) is 32.0 Å². The highest BCUT2D eigenvalue weighted by molar-refractivity contribution is 5.76. The maximum atomic E-state index is 13.1. The topological polar surface area (TPSA) is 228 Å². The third kappa shape index (κ3) is 29.7. The highest BCUT2D eigenvalue weighted by atomic mass is 16.7. The summed E-state index contributed by atoms with van der Waals surface area (Å²) < 4.78 is 22.5. The first-order valence-corrected chi connectivity index (χ1v) is 26.9. The standard InChI is InChI=1S/C59H93NO13/c1-3-5-7-9-11-12-13-14-15-16-17-18-19-20-21-22-23-24-25-26-27-28-29-30-31-32-33-34-35-36-37-39-41-43-51(64)60-47(48(63)42-40-38-10-8-6-4-2)46-70-58-56(69)54(67)57(50(45-62)72-58)73-59-55(68)53(66)52(65)49(44-61)71-59/h5,7,11-12,14-15,17-18,20-21,23-24,26-27,29-30,32-33,35-36,40,42,47-50,52-59,61-63,65-69H,3-4,6,8-10,13,16,19,22,25,28,31,34,37-39,41,43-46H2,1-2H3,(H,60,64)/b7-5-,12-11-,15-14-,18-17-,21-20-,24-23-,27-26-,30-29-,33-32-,36-35-,42-40+. The molecule has 12 unspecified atom stereocenters. The van der Waals surface area contributed by atoms with Crippen molar-refractivity contribution >= 4 is 5.91 Å². The van der Waals surface area contributed by atoms with Crippen LogP contribution in [0.4, 0.5) is 0 Å². The van der Waals surface area contributed by atoms with Gasteiger partial charge in [-0.2, -0.15) is 0 Å². The van der Waals surface area contributed by atoms with Crippen LogP contribution < -0.4 is 5.32 Å². The van der Waals surface area contributed by atoms with E-state index >= 15 is 0 Å². The zero-order chi connectivity index (χ0) is 53.2. The molecule has 0 radical (unpaired) electrons. The van der Waals surface area contributed by atoms with E-state index in [0.717, 1.165) is 109 Å². The van der Waals surface area contributed by atoms with Crippen LogP contribution in [0, 0.1) is 0 Å². The van der Waals surface area contributed by atoms with Crippen LogP contribution in [0.5, 0.6) is 0 Å². The SMILES string of the molecule is CC/C=C\C/C=C\C/C=C\C/C=C\C/C=C\C/C=C\C/C=C\C/C=C\C/C=C\C/C=C\CCCCC(=O)NC(COC1OC(CO)C(OC2OC(CO)C(O)C(O)C2O)C(O)C1O)C(O)/C=C/CCCCCC. The van der Waals surface area contributed by atoms with Gasteiger partial charge in [0.25, 0.3) is 0 Å². The second-order valence-electron chi connectivity index (χ2n) is 18.3. The molecule has 0 aromatic carbocycles. The smallest absolute Gasteiger partial charge is 0.220 e. The monoisotopic (exact) mass is 1020 g/mol.